The molecule has 0 aliphatic rings. The Morgan fingerprint density at radius 1 is 1.11 bits per heavy atom. The molecule has 19 heavy (non-hydrogen) atoms. The second-order valence-corrected chi connectivity index (χ2v) is 3.72. The standard InChI is InChI=1S/C11H11F3N4O/c12-11(13,14)7-19-6-5-15-10-16-8-3-1-2-4-9(8)17-18-10/h1-4H,5-7H2,(H,15,16,18). The molecule has 1 aromatic heterocycles. The maximum atomic E-state index is 11.8. The third-order valence-corrected chi connectivity index (χ3v) is 2.16. The van der Waals surface area contributed by atoms with Gasteiger partial charge >= 0.3 is 6.18 Å². The summed E-state index contributed by atoms with van der Waals surface area (Å²) in [5.41, 5.74) is 1.32. The van der Waals surface area contributed by atoms with Gasteiger partial charge in [-0.3, -0.25) is 0 Å². The zero-order chi connectivity index (χ0) is 13.7. The molecule has 0 radical (unpaired) electrons. The number of hydrogen-bond acceptors (Lipinski definition) is 5. The Morgan fingerprint density at radius 2 is 1.84 bits per heavy atom. The van der Waals surface area contributed by atoms with Crippen LogP contribution in [0.2, 0.25) is 0 Å². The van der Waals surface area contributed by atoms with Crippen molar-refractivity contribution < 1.29 is 17.9 Å². The topological polar surface area (TPSA) is 59.9 Å². The fraction of sp³-hybridized carbons (Fsp3) is 0.364. The van der Waals surface area contributed by atoms with Crippen LogP contribution in [0.1, 0.15) is 0 Å². The van der Waals surface area contributed by atoms with Gasteiger partial charge in [0.1, 0.15) is 12.1 Å². The fourth-order valence-corrected chi connectivity index (χ4v) is 1.38. The number of ether oxygens (including phenoxy) is 1. The molecular formula is C11H11F3N4O. The van der Waals surface area contributed by atoms with Crippen LogP contribution in [0.4, 0.5) is 19.1 Å². The van der Waals surface area contributed by atoms with Crippen molar-refractivity contribution >= 4 is 17.0 Å². The van der Waals surface area contributed by atoms with E-state index in [1.165, 1.54) is 0 Å². The van der Waals surface area contributed by atoms with Gasteiger partial charge in [-0.05, 0) is 12.1 Å². The Kier molecular flexibility index (Phi) is 4.10. The molecule has 0 saturated heterocycles. The van der Waals surface area contributed by atoms with Crippen LogP contribution < -0.4 is 5.32 Å². The molecule has 0 atom stereocenters. The first-order chi connectivity index (χ1) is 9.04. The molecule has 0 spiro atoms. The van der Waals surface area contributed by atoms with E-state index in [0.29, 0.717) is 11.0 Å². The van der Waals surface area contributed by atoms with Crippen molar-refractivity contribution in [1.82, 2.24) is 15.2 Å². The molecule has 1 heterocycles. The highest BCUT2D eigenvalue weighted by Crippen LogP contribution is 2.14. The predicted molar refractivity (Wildman–Crippen MR) is 62.7 cm³/mol. The van der Waals surface area contributed by atoms with E-state index in [1.54, 1.807) is 12.1 Å². The van der Waals surface area contributed by atoms with Crippen LogP contribution in [0.25, 0.3) is 11.0 Å². The molecule has 2 rings (SSSR count). The second-order valence-electron chi connectivity index (χ2n) is 3.72. The Labute approximate surface area is 106 Å². The molecule has 8 heteroatoms. The molecule has 1 aromatic carbocycles. The highest BCUT2D eigenvalue weighted by Gasteiger charge is 2.27. The summed E-state index contributed by atoms with van der Waals surface area (Å²) < 4.78 is 39.8. The largest absolute Gasteiger partial charge is 0.411 e. The lowest BCUT2D eigenvalue weighted by atomic mass is 10.3. The molecule has 1 N–H and O–H groups in total. The van der Waals surface area contributed by atoms with Gasteiger partial charge < -0.3 is 10.1 Å². The first kappa shape index (κ1) is 13.5. The molecule has 102 valence electrons. The fourth-order valence-electron chi connectivity index (χ4n) is 1.38. The van der Waals surface area contributed by atoms with Crippen LogP contribution >= 0.6 is 0 Å². The molecule has 0 amide bonds. The summed E-state index contributed by atoms with van der Waals surface area (Å²) in [5, 5.41) is 10.5. The minimum Gasteiger partial charge on any atom is -0.370 e. The van der Waals surface area contributed by atoms with Crippen molar-refractivity contribution in [3.63, 3.8) is 0 Å². The average Bonchev–Trinajstić information content (AvgIpc) is 2.37. The Balaban J connectivity index is 1.82. The summed E-state index contributed by atoms with van der Waals surface area (Å²) in [4.78, 5) is 4.16. The van der Waals surface area contributed by atoms with Crippen molar-refractivity contribution in [2.45, 2.75) is 6.18 Å². The predicted octanol–water partition coefficient (Wildman–Crippen LogP) is 2.02. The van der Waals surface area contributed by atoms with Gasteiger partial charge in [0, 0.05) is 6.54 Å². The summed E-state index contributed by atoms with van der Waals surface area (Å²) in [6.45, 7) is -1.17. The Morgan fingerprint density at radius 3 is 2.58 bits per heavy atom. The highest BCUT2D eigenvalue weighted by molar-refractivity contribution is 5.73. The average molecular weight is 272 g/mol. The van der Waals surface area contributed by atoms with Crippen LogP contribution in [-0.4, -0.2) is 41.1 Å². The molecule has 0 aliphatic heterocycles. The molecule has 0 fully saturated rings. The quantitative estimate of drug-likeness (QED) is 0.844. The van der Waals surface area contributed by atoms with Gasteiger partial charge in [-0.2, -0.15) is 13.2 Å². The molecule has 2 aromatic rings. The molecule has 0 bridgehead atoms. The van der Waals surface area contributed by atoms with Gasteiger partial charge in [0.15, 0.2) is 0 Å². The lowest BCUT2D eigenvalue weighted by Gasteiger charge is -2.08. The zero-order valence-corrected chi connectivity index (χ0v) is 9.81. The summed E-state index contributed by atoms with van der Waals surface area (Å²) in [5.74, 6) is 0.259. The van der Waals surface area contributed by atoms with Crippen LogP contribution in [0, 0.1) is 0 Å². The lowest BCUT2D eigenvalue weighted by molar-refractivity contribution is -0.172. The van der Waals surface area contributed by atoms with Crippen LogP contribution in [0.15, 0.2) is 24.3 Å². The lowest BCUT2D eigenvalue weighted by Crippen LogP contribution is -2.20. The number of aromatic nitrogens is 3. The van der Waals surface area contributed by atoms with E-state index >= 15 is 0 Å². The number of nitrogens with one attached hydrogen (secondary N) is 1. The van der Waals surface area contributed by atoms with Gasteiger partial charge in [0.25, 0.3) is 0 Å². The van der Waals surface area contributed by atoms with E-state index in [9.17, 15) is 13.2 Å². The number of anilines is 1. The van der Waals surface area contributed by atoms with Crippen molar-refractivity contribution in [3.8, 4) is 0 Å². The molecule has 0 unspecified atom stereocenters. The number of para-hydroxylation sites is 1. The molecule has 0 aliphatic carbocycles. The Bertz CT molecular complexity index is 547. The summed E-state index contributed by atoms with van der Waals surface area (Å²) in [6, 6.07) is 7.17. The molecular weight excluding hydrogens is 261 g/mol. The minimum absolute atomic E-state index is 0.0876. The first-order valence-corrected chi connectivity index (χ1v) is 5.52. The van der Waals surface area contributed by atoms with E-state index in [0.717, 1.165) is 0 Å². The Hall–Kier alpha value is -1.96. The minimum atomic E-state index is -4.30. The normalized spacial score (nSPS) is 11.7. The van der Waals surface area contributed by atoms with Crippen LogP contribution in [0.3, 0.4) is 0 Å². The van der Waals surface area contributed by atoms with Gasteiger partial charge in [-0.1, -0.05) is 12.1 Å². The number of alkyl halides is 3. The number of halogens is 3. The summed E-state index contributed by atoms with van der Waals surface area (Å²) >= 11 is 0. The number of rotatable bonds is 5. The smallest absolute Gasteiger partial charge is 0.370 e. The third-order valence-electron chi connectivity index (χ3n) is 2.16. The van der Waals surface area contributed by atoms with Gasteiger partial charge in [0.05, 0.1) is 12.1 Å². The highest BCUT2D eigenvalue weighted by atomic mass is 19.4. The number of fused-ring (bicyclic) bond motifs is 1. The van der Waals surface area contributed by atoms with Crippen LogP contribution in [-0.2, 0) is 4.74 Å². The zero-order valence-electron chi connectivity index (χ0n) is 9.81. The monoisotopic (exact) mass is 272 g/mol. The number of benzene rings is 1. The molecule has 0 saturated carbocycles. The van der Waals surface area contributed by atoms with Crippen molar-refractivity contribution in [1.29, 1.82) is 0 Å². The number of nitrogens with zero attached hydrogens (tertiary/aromatic N) is 3. The van der Waals surface area contributed by atoms with Crippen LogP contribution in [0.5, 0.6) is 0 Å². The van der Waals surface area contributed by atoms with Gasteiger partial charge in [-0.25, -0.2) is 4.98 Å². The van der Waals surface area contributed by atoms with E-state index in [2.05, 4.69) is 25.2 Å². The first-order valence-electron chi connectivity index (χ1n) is 5.52. The molecule has 5 nitrogen and oxygen atoms in total. The van der Waals surface area contributed by atoms with Gasteiger partial charge in [0.2, 0.25) is 5.95 Å². The van der Waals surface area contributed by atoms with E-state index in [4.69, 9.17) is 0 Å². The van der Waals surface area contributed by atoms with Crippen molar-refractivity contribution in [2.24, 2.45) is 0 Å². The second kappa shape index (κ2) is 5.79. The van der Waals surface area contributed by atoms with E-state index < -0.39 is 12.8 Å². The van der Waals surface area contributed by atoms with E-state index in [-0.39, 0.29) is 19.1 Å². The third kappa shape index (κ3) is 4.32. The summed E-state index contributed by atoms with van der Waals surface area (Å²) in [6.07, 6.45) is -4.30. The SMILES string of the molecule is FC(F)(F)COCCNc1nnc2ccccc2n1. The van der Waals surface area contributed by atoms with Crippen molar-refractivity contribution in [3.05, 3.63) is 24.3 Å². The van der Waals surface area contributed by atoms with Gasteiger partial charge in [-0.15, -0.1) is 10.2 Å². The van der Waals surface area contributed by atoms with E-state index in [1.807, 2.05) is 12.1 Å². The maximum absolute atomic E-state index is 11.8. The van der Waals surface area contributed by atoms with Crippen molar-refractivity contribution in [2.75, 3.05) is 25.1 Å². The summed E-state index contributed by atoms with van der Waals surface area (Å²) in [7, 11) is 0. The maximum Gasteiger partial charge on any atom is 0.411 e. The number of hydrogen-bond donors (Lipinski definition) is 1.